The number of hydrogen-bond donors (Lipinski definition) is 1. The SMILES string of the molecule is CCc1ncc(S(=O)(=O)N(CCC(C)C)C2CC2)[nH]1. The highest BCUT2D eigenvalue weighted by molar-refractivity contribution is 7.89. The van der Waals surface area contributed by atoms with Crippen molar-refractivity contribution in [2.24, 2.45) is 5.92 Å². The Morgan fingerprint density at radius 1 is 1.47 bits per heavy atom. The Kier molecular flexibility index (Phi) is 4.30. The second-order valence-electron chi connectivity index (χ2n) is 5.58. The lowest BCUT2D eigenvalue weighted by Crippen LogP contribution is -2.34. The van der Waals surface area contributed by atoms with Gasteiger partial charge in [0.2, 0.25) is 0 Å². The summed E-state index contributed by atoms with van der Waals surface area (Å²) < 4.78 is 26.9. The van der Waals surface area contributed by atoms with E-state index in [1.807, 2.05) is 6.92 Å². The molecule has 2 rings (SSSR count). The molecular weight excluding hydrogens is 262 g/mol. The summed E-state index contributed by atoms with van der Waals surface area (Å²) in [5.41, 5.74) is 0. The number of aromatic amines is 1. The van der Waals surface area contributed by atoms with Crippen LogP contribution in [0.25, 0.3) is 0 Å². The van der Waals surface area contributed by atoms with E-state index in [1.165, 1.54) is 6.20 Å². The lowest BCUT2D eigenvalue weighted by molar-refractivity contribution is 0.372. The van der Waals surface area contributed by atoms with E-state index >= 15 is 0 Å². The summed E-state index contributed by atoms with van der Waals surface area (Å²) in [5, 5.41) is 0.236. The van der Waals surface area contributed by atoms with Crippen molar-refractivity contribution in [2.75, 3.05) is 6.54 Å². The number of aryl methyl sites for hydroxylation is 1. The van der Waals surface area contributed by atoms with Crippen LogP contribution in [0.15, 0.2) is 11.2 Å². The van der Waals surface area contributed by atoms with Crippen molar-refractivity contribution in [1.29, 1.82) is 0 Å². The first-order valence-corrected chi connectivity index (χ1v) is 8.45. The standard InChI is InChI=1S/C13H23N3O2S/c1-4-12-14-9-13(15-12)19(17,18)16(11-5-6-11)8-7-10(2)3/h9-11H,4-8H2,1-3H3,(H,14,15). The largest absolute Gasteiger partial charge is 0.332 e. The molecule has 5 nitrogen and oxygen atoms in total. The van der Waals surface area contributed by atoms with Crippen LogP contribution in [0.2, 0.25) is 0 Å². The fraction of sp³-hybridized carbons (Fsp3) is 0.769. The highest BCUT2D eigenvalue weighted by atomic mass is 32.2. The monoisotopic (exact) mass is 285 g/mol. The molecule has 0 spiro atoms. The molecular formula is C13H23N3O2S. The quantitative estimate of drug-likeness (QED) is 0.835. The molecule has 1 heterocycles. The lowest BCUT2D eigenvalue weighted by Gasteiger charge is -2.21. The molecule has 19 heavy (non-hydrogen) atoms. The summed E-state index contributed by atoms with van der Waals surface area (Å²) in [6, 6.07) is 0.192. The van der Waals surface area contributed by atoms with Crippen molar-refractivity contribution in [3.63, 3.8) is 0 Å². The van der Waals surface area contributed by atoms with Crippen molar-refractivity contribution >= 4 is 10.0 Å². The van der Waals surface area contributed by atoms with Crippen LogP contribution in [-0.2, 0) is 16.4 Å². The zero-order valence-electron chi connectivity index (χ0n) is 11.9. The molecule has 108 valence electrons. The molecule has 0 saturated heterocycles. The van der Waals surface area contributed by atoms with Crippen molar-refractivity contribution in [3.8, 4) is 0 Å². The fourth-order valence-electron chi connectivity index (χ4n) is 2.03. The minimum Gasteiger partial charge on any atom is -0.332 e. The molecule has 0 radical (unpaired) electrons. The van der Waals surface area contributed by atoms with Gasteiger partial charge in [0.15, 0.2) is 5.03 Å². The number of nitrogens with one attached hydrogen (secondary N) is 1. The summed E-state index contributed by atoms with van der Waals surface area (Å²) in [4.78, 5) is 7.01. The Hall–Kier alpha value is -0.880. The number of sulfonamides is 1. The topological polar surface area (TPSA) is 66.1 Å². The third kappa shape index (κ3) is 3.36. The predicted octanol–water partition coefficient (Wildman–Crippen LogP) is 2.17. The maximum Gasteiger partial charge on any atom is 0.260 e. The summed E-state index contributed by atoms with van der Waals surface area (Å²) in [5.74, 6) is 1.22. The Labute approximate surface area is 115 Å². The zero-order valence-corrected chi connectivity index (χ0v) is 12.7. The minimum atomic E-state index is -3.41. The van der Waals surface area contributed by atoms with Gasteiger partial charge in [0, 0.05) is 19.0 Å². The Morgan fingerprint density at radius 3 is 2.63 bits per heavy atom. The van der Waals surface area contributed by atoms with Crippen LogP contribution in [0.1, 0.15) is 45.9 Å². The van der Waals surface area contributed by atoms with Crippen LogP contribution in [0, 0.1) is 5.92 Å². The van der Waals surface area contributed by atoms with Crippen LogP contribution in [0.5, 0.6) is 0 Å². The Morgan fingerprint density at radius 2 is 2.16 bits per heavy atom. The van der Waals surface area contributed by atoms with Gasteiger partial charge in [-0.2, -0.15) is 4.31 Å². The second-order valence-corrected chi connectivity index (χ2v) is 7.44. The van der Waals surface area contributed by atoms with E-state index in [9.17, 15) is 8.42 Å². The molecule has 0 aromatic carbocycles. The van der Waals surface area contributed by atoms with E-state index in [-0.39, 0.29) is 11.1 Å². The normalized spacial score (nSPS) is 16.5. The van der Waals surface area contributed by atoms with E-state index in [2.05, 4.69) is 23.8 Å². The molecule has 0 atom stereocenters. The fourth-order valence-corrected chi connectivity index (χ4v) is 3.66. The van der Waals surface area contributed by atoms with Gasteiger partial charge < -0.3 is 4.98 Å². The van der Waals surface area contributed by atoms with Gasteiger partial charge in [0.05, 0.1) is 6.20 Å². The van der Waals surface area contributed by atoms with Gasteiger partial charge in [0.25, 0.3) is 10.0 Å². The van der Waals surface area contributed by atoms with E-state index in [0.717, 1.165) is 25.1 Å². The zero-order chi connectivity index (χ0) is 14.0. The third-order valence-electron chi connectivity index (χ3n) is 3.41. The number of nitrogens with zero attached hydrogens (tertiary/aromatic N) is 2. The predicted molar refractivity (Wildman–Crippen MR) is 74.3 cm³/mol. The Balaban J connectivity index is 2.18. The Bertz CT molecular complexity index is 518. The molecule has 1 fully saturated rings. The molecule has 1 N–H and O–H groups in total. The van der Waals surface area contributed by atoms with Crippen LogP contribution in [0.3, 0.4) is 0 Å². The van der Waals surface area contributed by atoms with E-state index in [1.54, 1.807) is 4.31 Å². The number of rotatable bonds is 7. The average molecular weight is 285 g/mol. The molecule has 0 amide bonds. The van der Waals surface area contributed by atoms with Crippen molar-refractivity contribution < 1.29 is 8.42 Å². The van der Waals surface area contributed by atoms with Crippen LogP contribution >= 0.6 is 0 Å². The van der Waals surface area contributed by atoms with E-state index in [4.69, 9.17) is 0 Å². The summed E-state index contributed by atoms with van der Waals surface area (Å²) in [7, 11) is -3.41. The third-order valence-corrected chi connectivity index (χ3v) is 5.27. The highest BCUT2D eigenvalue weighted by Gasteiger charge is 2.38. The van der Waals surface area contributed by atoms with Crippen molar-refractivity contribution in [3.05, 3.63) is 12.0 Å². The molecule has 1 aliphatic carbocycles. The van der Waals surface area contributed by atoms with Crippen LogP contribution in [0.4, 0.5) is 0 Å². The maximum absolute atomic E-state index is 12.6. The van der Waals surface area contributed by atoms with E-state index in [0.29, 0.717) is 18.9 Å². The van der Waals surface area contributed by atoms with Gasteiger partial charge in [-0.25, -0.2) is 13.4 Å². The molecule has 1 aliphatic rings. The summed E-state index contributed by atoms with van der Waals surface area (Å²) >= 11 is 0. The van der Waals surface area contributed by atoms with Gasteiger partial charge in [-0.3, -0.25) is 0 Å². The first-order chi connectivity index (χ1) is 8.95. The molecule has 1 aromatic rings. The van der Waals surface area contributed by atoms with Gasteiger partial charge in [-0.1, -0.05) is 20.8 Å². The maximum atomic E-state index is 12.6. The molecule has 1 aromatic heterocycles. The molecule has 6 heteroatoms. The second kappa shape index (κ2) is 5.63. The van der Waals surface area contributed by atoms with Crippen LogP contribution < -0.4 is 0 Å². The molecule has 0 bridgehead atoms. The smallest absolute Gasteiger partial charge is 0.260 e. The first kappa shape index (κ1) is 14.5. The lowest BCUT2D eigenvalue weighted by atomic mass is 10.1. The van der Waals surface area contributed by atoms with Crippen molar-refractivity contribution in [2.45, 2.75) is 57.5 Å². The summed E-state index contributed by atoms with van der Waals surface area (Å²) in [6.07, 6.45) is 5.01. The molecule has 0 aliphatic heterocycles. The number of aromatic nitrogens is 2. The highest BCUT2D eigenvalue weighted by Crippen LogP contribution is 2.32. The number of imidazole rings is 1. The van der Waals surface area contributed by atoms with Crippen molar-refractivity contribution in [1.82, 2.24) is 14.3 Å². The van der Waals surface area contributed by atoms with Gasteiger partial charge in [-0.15, -0.1) is 0 Å². The molecule has 0 unspecified atom stereocenters. The minimum absolute atomic E-state index is 0.192. The number of hydrogen-bond acceptors (Lipinski definition) is 3. The van der Waals surface area contributed by atoms with E-state index < -0.39 is 10.0 Å². The van der Waals surface area contributed by atoms with Gasteiger partial charge in [0.1, 0.15) is 5.82 Å². The first-order valence-electron chi connectivity index (χ1n) is 7.01. The van der Waals surface area contributed by atoms with Gasteiger partial charge in [-0.05, 0) is 25.2 Å². The van der Waals surface area contributed by atoms with Gasteiger partial charge >= 0.3 is 0 Å². The average Bonchev–Trinajstić information content (AvgIpc) is 3.05. The summed E-state index contributed by atoms with van der Waals surface area (Å²) in [6.45, 7) is 6.78. The number of H-pyrrole nitrogens is 1. The van der Waals surface area contributed by atoms with Crippen LogP contribution in [-0.4, -0.2) is 35.3 Å². The molecule has 1 saturated carbocycles.